The van der Waals surface area contributed by atoms with Gasteiger partial charge in [-0.2, -0.15) is 0 Å². The number of hydrogen-bond acceptors (Lipinski definition) is 3. The van der Waals surface area contributed by atoms with Gasteiger partial charge in [-0.25, -0.2) is 0 Å². The number of hydrogen-bond donors (Lipinski definition) is 0. The first-order valence-corrected chi connectivity index (χ1v) is 5.21. The Morgan fingerprint density at radius 1 is 1.50 bits per heavy atom. The van der Waals surface area contributed by atoms with Crippen LogP contribution < -0.4 is 9.47 Å². The lowest BCUT2D eigenvalue weighted by molar-refractivity contribution is -0.105. The molecule has 4 heteroatoms. The Bertz CT molecular complexity index is 477. The van der Waals surface area contributed by atoms with Crippen molar-refractivity contribution in [1.82, 2.24) is 0 Å². The molecule has 0 amide bonds. The number of carbonyl (C=O) groups excluding carboxylic acids is 1. The Balaban J connectivity index is 2.61. The lowest BCUT2D eigenvalue weighted by Crippen LogP contribution is -2.11. The van der Waals surface area contributed by atoms with E-state index >= 15 is 0 Å². The van der Waals surface area contributed by atoms with E-state index in [0.717, 1.165) is 23.2 Å². The van der Waals surface area contributed by atoms with Crippen LogP contribution >= 0.6 is 11.6 Å². The van der Waals surface area contributed by atoms with Gasteiger partial charge in [0.1, 0.15) is 18.1 Å². The molecule has 16 heavy (non-hydrogen) atoms. The molecule has 0 saturated heterocycles. The fourth-order valence-electron chi connectivity index (χ4n) is 1.73. The van der Waals surface area contributed by atoms with Gasteiger partial charge in [-0.15, -0.1) is 0 Å². The molecule has 0 unspecified atom stereocenters. The summed E-state index contributed by atoms with van der Waals surface area (Å²) in [5.41, 5.74) is 2.11. The average Bonchev–Trinajstić information content (AvgIpc) is 2.31. The van der Waals surface area contributed by atoms with Gasteiger partial charge in [0.15, 0.2) is 6.29 Å². The second-order valence-corrected chi connectivity index (χ2v) is 3.89. The van der Waals surface area contributed by atoms with Crippen molar-refractivity contribution in [2.45, 2.75) is 6.92 Å². The van der Waals surface area contributed by atoms with Crippen molar-refractivity contribution in [3.63, 3.8) is 0 Å². The molecule has 0 spiro atoms. The van der Waals surface area contributed by atoms with Crippen molar-refractivity contribution in [1.29, 1.82) is 0 Å². The van der Waals surface area contributed by atoms with Crippen LogP contribution in [-0.4, -0.2) is 20.0 Å². The van der Waals surface area contributed by atoms with Crippen LogP contribution in [0.5, 0.6) is 11.5 Å². The van der Waals surface area contributed by atoms with E-state index in [1.54, 1.807) is 13.2 Å². The van der Waals surface area contributed by atoms with Crippen LogP contribution in [0.2, 0.25) is 0 Å². The van der Waals surface area contributed by atoms with E-state index in [1.165, 1.54) is 0 Å². The third-order valence-electron chi connectivity index (χ3n) is 2.61. The number of carbonyl (C=O) groups is 1. The lowest BCUT2D eigenvalue weighted by atomic mass is 10.0. The van der Waals surface area contributed by atoms with E-state index < -0.39 is 0 Å². The predicted octanol–water partition coefficient (Wildman–Crippen LogP) is 2.54. The summed E-state index contributed by atoms with van der Waals surface area (Å²) in [7, 11) is 1.60. The predicted molar refractivity (Wildman–Crippen MR) is 62.1 cm³/mol. The molecule has 3 nitrogen and oxygen atoms in total. The monoisotopic (exact) mass is 238 g/mol. The van der Waals surface area contributed by atoms with Crippen molar-refractivity contribution in [2.24, 2.45) is 0 Å². The highest BCUT2D eigenvalue weighted by Crippen LogP contribution is 2.40. The van der Waals surface area contributed by atoms with E-state index in [4.69, 9.17) is 21.1 Å². The standard InChI is InChI=1S/C12H11ClO3/c1-7-10(15-2)4-3-9-11(13)8(5-14)6-16-12(7)9/h3-5H,6H2,1-2H3. The van der Waals surface area contributed by atoms with Gasteiger partial charge >= 0.3 is 0 Å². The quantitative estimate of drug-likeness (QED) is 0.743. The summed E-state index contributed by atoms with van der Waals surface area (Å²) in [4.78, 5) is 10.7. The van der Waals surface area contributed by atoms with Gasteiger partial charge in [0.2, 0.25) is 0 Å². The van der Waals surface area contributed by atoms with Crippen LogP contribution in [0.1, 0.15) is 11.1 Å². The first kappa shape index (κ1) is 11.0. The summed E-state index contributed by atoms with van der Waals surface area (Å²) >= 11 is 6.11. The maximum Gasteiger partial charge on any atom is 0.150 e. The molecule has 0 N–H and O–H groups in total. The summed E-state index contributed by atoms with van der Waals surface area (Å²) in [5.74, 6) is 1.44. The van der Waals surface area contributed by atoms with Gasteiger partial charge in [-0.1, -0.05) is 11.6 Å². The number of halogens is 1. The summed E-state index contributed by atoms with van der Waals surface area (Å²) < 4.78 is 10.7. The van der Waals surface area contributed by atoms with Crippen molar-refractivity contribution < 1.29 is 14.3 Å². The second-order valence-electron chi connectivity index (χ2n) is 3.52. The van der Waals surface area contributed by atoms with Crippen molar-refractivity contribution in [3.05, 3.63) is 28.8 Å². The second kappa shape index (κ2) is 4.18. The molecule has 1 aliphatic heterocycles. The largest absolute Gasteiger partial charge is 0.496 e. The molecule has 0 aliphatic carbocycles. The molecular formula is C12H11ClO3. The molecule has 0 atom stereocenters. The molecule has 1 heterocycles. The topological polar surface area (TPSA) is 35.5 Å². The Hall–Kier alpha value is -1.48. The molecule has 0 saturated carbocycles. The highest BCUT2D eigenvalue weighted by Gasteiger charge is 2.21. The zero-order valence-corrected chi connectivity index (χ0v) is 9.80. The van der Waals surface area contributed by atoms with E-state index in [2.05, 4.69) is 0 Å². The van der Waals surface area contributed by atoms with E-state index in [9.17, 15) is 4.79 Å². The summed E-state index contributed by atoms with van der Waals surface area (Å²) in [6, 6.07) is 3.61. The van der Waals surface area contributed by atoms with Crippen molar-refractivity contribution in [3.8, 4) is 11.5 Å². The highest BCUT2D eigenvalue weighted by molar-refractivity contribution is 6.51. The summed E-state index contributed by atoms with van der Waals surface area (Å²) in [6.07, 6.45) is 0.727. The minimum atomic E-state index is 0.212. The summed E-state index contributed by atoms with van der Waals surface area (Å²) in [6.45, 7) is 2.11. The number of aldehydes is 1. The minimum Gasteiger partial charge on any atom is -0.496 e. The molecule has 0 radical (unpaired) electrons. The third-order valence-corrected chi connectivity index (χ3v) is 3.06. The maximum absolute atomic E-state index is 10.7. The number of methoxy groups -OCH3 is 1. The Morgan fingerprint density at radius 3 is 2.88 bits per heavy atom. The molecule has 0 fully saturated rings. The third kappa shape index (κ3) is 1.57. The summed E-state index contributed by atoms with van der Waals surface area (Å²) in [5, 5.41) is 0.460. The molecule has 0 bridgehead atoms. The van der Waals surface area contributed by atoms with E-state index in [0.29, 0.717) is 16.4 Å². The van der Waals surface area contributed by atoms with Crippen molar-refractivity contribution >= 4 is 22.9 Å². The number of benzene rings is 1. The van der Waals surface area contributed by atoms with Gasteiger partial charge in [-0.05, 0) is 19.1 Å². The van der Waals surface area contributed by atoms with Crippen LogP contribution in [-0.2, 0) is 4.79 Å². The van der Waals surface area contributed by atoms with Gasteiger partial charge < -0.3 is 9.47 Å². The van der Waals surface area contributed by atoms with Crippen LogP contribution in [0.25, 0.3) is 5.03 Å². The number of fused-ring (bicyclic) bond motifs is 1. The normalized spacial score (nSPS) is 14.2. The molecule has 2 rings (SSSR count). The number of ether oxygens (including phenoxy) is 2. The lowest BCUT2D eigenvalue weighted by Gasteiger charge is -2.21. The van der Waals surface area contributed by atoms with Gasteiger partial charge in [0.05, 0.1) is 12.1 Å². The molecular weight excluding hydrogens is 228 g/mol. The van der Waals surface area contributed by atoms with E-state index in [-0.39, 0.29) is 6.61 Å². The van der Waals surface area contributed by atoms with Gasteiger partial charge in [0.25, 0.3) is 0 Å². The van der Waals surface area contributed by atoms with Gasteiger partial charge in [-0.3, -0.25) is 4.79 Å². The van der Waals surface area contributed by atoms with Crippen LogP contribution in [0.4, 0.5) is 0 Å². The number of rotatable bonds is 2. The Kier molecular flexibility index (Phi) is 2.88. The first-order chi connectivity index (χ1) is 7.69. The molecule has 1 aromatic rings. The molecule has 0 aromatic heterocycles. The van der Waals surface area contributed by atoms with Crippen molar-refractivity contribution in [2.75, 3.05) is 13.7 Å². The van der Waals surface area contributed by atoms with Gasteiger partial charge in [0, 0.05) is 16.7 Å². The Labute approximate surface area is 98.6 Å². The zero-order valence-electron chi connectivity index (χ0n) is 9.04. The smallest absolute Gasteiger partial charge is 0.150 e. The van der Waals surface area contributed by atoms with E-state index in [1.807, 2.05) is 13.0 Å². The SMILES string of the molecule is COc1ccc2c(c1C)OCC(C=O)=C2Cl. The fourth-order valence-corrected chi connectivity index (χ4v) is 1.97. The fraction of sp³-hybridized carbons (Fsp3) is 0.250. The average molecular weight is 239 g/mol. The molecule has 1 aromatic carbocycles. The van der Waals surface area contributed by atoms with Crippen LogP contribution in [0.3, 0.4) is 0 Å². The molecule has 1 aliphatic rings. The highest BCUT2D eigenvalue weighted by atomic mass is 35.5. The van der Waals surface area contributed by atoms with Crippen LogP contribution in [0.15, 0.2) is 17.7 Å². The Morgan fingerprint density at radius 2 is 2.25 bits per heavy atom. The first-order valence-electron chi connectivity index (χ1n) is 4.83. The minimum absolute atomic E-state index is 0.212. The van der Waals surface area contributed by atoms with Crippen LogP contribution in [0, 0.1) is 6.92 Å². The molecule has 84 valence electrons. The maximum atomic E-state index is 10.7. The zero-order chi connectivity index (χ0) is 11.7.